The summed E-state index contributed by atoms with van der Waals surface area (Å²) in [4.78, 5) is 0. The van der Waals surface area contributed by atoms with E-state index in [1.165, 1.54) is 29.1 Å². The molecule has 144 valence electrons. The maximum absolute atomic E-state index is 12.9. The van der Waals surface area contributed by atoms with Gasteiger partial charge in [0.1, 0.15) is 4.21 Å². The van der Waals surface area contributed by atoms with Gasteiger partial charge in [-0.05, 0) is 43.5 Å². The molecule has 0 aliphatic heterocycles. The molecule has 1 aromatic carbocycles. The van der Waals surface area contributed by atoms with Crippen molar-refractivity contribution in [2.75, 3.05) is 0 Å². The largest absolute Gasteiger partial charge is 0.416 e. The van der Waals surface area contributed by atoms with Crippen LogP contribution in [-0.4, -0.2) is 18.2 Å². The molecule has 27 heavy (non-hydrogen) atoms. The first kappa shape index (κ1) is 19.6. The van der Waals surface area contributed by atoms with Crippen LogP contribution in [0.2, 0.25) is 0 Å². The molecular formula is C17H16F3N3O2S2. The number of hydrogen-bond donors (Lipinski definition) is 1. The Morgan fingerprint density at radius 2 is 1.96 bits per heavy atom. The molecule has 10 heteroatoms. The van der Waals surface area contributed by atoms with Crippen LogP contribution in [0.4, 0.5) is 13.2 Å². The lowest BCUT2D eigenvalue weighted by atomic mass is 10.1. The molecule has 2 heterocycles. The van der Waals surface area contributed by atoms with Crippen molar-refractivity contribution in [1.82, 2.24) is 14.5 Å². The molecule has 0 amide bonds. The quantitative estimate of drug-likeness (QED) is 0.676. The number of aromatic nitrogens is 2. The van der Waals surface area contributed by atoms with Gasteiger partial charge in [0, 0.05) is 17.3 Å². The van der Waals surface area contributed by atoms with Gasteiger partial charge in [-0.15, -0.1) is 11.3 Å². The summed E-state index contributed by atoms with van der Waals surface area (Å²) >= 11 is 1.10. The van der Waals surface area contributed by atoms with Crippen LogP contribution in [0.3, 0.4) is 0 Å². The fourth-order valence-corrected chi connectivity index (χ4v) is 4.92. The number of rotatable bonds is 5. The molecule has 0 saturated carbocycles. The van der Waals surface area contributed by atoms with Gasteiger partial charge >= 0.3 is 6.18 Å². The third-order valence-corrected chi connectivity index (χ3v) is 6.96. The smallest absolute Gasteiger partial charge is 0.238 e. The second-order valence-corrected chi connectivity index (χ2v) is 8.81. The molecule has 0 fully saturated rings. The van der Waals surface area contributed by atoms with E-state index in [-0.39, 0.29) is 9.90 Å². The van der Waals surface area contributed by atoms with Crippen LogP contribution < -0.4 is 4.72 Å². The first-order chi connectivity index (χ1) is 12.6. The van der Waals surface area contributed by atoms with E-state index in [4.69, 9.17) is 0 Å². The first-order valence-electron chi connectivity index (χ1n) is 7.87. The zero-order valence-corrected chi connectivity index (χ0v) is 16.0. The van der Waals surface area contributed by atoms with Crippen molar-refractivity contribution in [2.24, 2.45) is 0 Å². The van der Waals surface area contributed by atoms with Crippen molar-refractivity contribution in [3.63, 3.8) is 0 Å². The number of thiophene rings is 1. The van der Waals surface area contributed by atoms with Crippen LogP contribution in [0.25, 0.3) is 5.69 Å². The Bertz CT molecular complexity index is 1040. The van der Waals surface area contributed by atoms with E-state index in [0.29, 0.717) is 11.3 Å². The molecule has 0 bridgehead atoms. The van der Waals surface area contributed by atoms with Crippen molar-refractivity contribution >= 4 is 21.4 Å². The second-order valence-electron chi connectivity index (χ2n) is 5.92. The van der Waals surface area contributed by atoms with Crippen LogP contribution in [0, 0.1) is 6.92 Å². The van der Waals surface area contributed by atoms with E-state index >= 15 is 0 Å². The van der Waals surface area contributed by atoms with Gasteiger partial charge in [-0.2, -0.15) is 18.3 Å². The first-order valence-corrected chi connectivity index (χ1v) is 10.2. The van der Waals surface area contributed by atoms with Gasteiger partial charge < -0.3 is 0 Å². The Morgan fingerprint density at radius 3 is 2.59 bits per heavy atom. The summed E-state index contributed by atoms with van der Waals surface area (Å²) in [5.41, 5.74) is 0.605. The summed E-state index contributed by atoms with van der Waals surface area (Å²) in [5, 5.41) is 5.80. The van der Waals surface area contributed by atoms with Crippen LogP contribution >= 0.6 is 11.3 Å². The van der Waals surface area contributed by atoms with Crippen molar-refractivity contribution < 1.29 is 21.6 Å². The SMILES string of the molecule is Cc1c(C(C)NS(=O)(=O)c2cccs2)cnn1-c1cccc(C(F)(F)F)c1. The van der Waals surface area contributed by atoms with Gasteiger partial charge in [0.05, 0.1) is 17.4 Å². The number of nitrogens with zero attached hydrogens (tertiary/aromatic N) is 2. The third kappa shape index (κ3) is 4.07. The van der Waals surface area contributed by atoms with Gasteiger partial charge in [-0.3, -0.25) is 0 Å². The minimum absolute atomic E-state index is 0.192. The topological polar surface area (TPSA) is 64.0 Å². The molecule has 1 unspecified atom stereocenters. The molecule has 0 saturated heterocycles. The van der Waals surface area contributed by atoms with E-state index in [9.17, 15) is 21.6 Å². The number of hydrogen-bond acceptors (Lipinski definition) is 4. The van der Waals surface area contributed by atoms with Gasteiger partial charge in [0.2, 0.25) is 0 Å². The molecular weight excluding hydrogens is 399 g/mol. The van der Waals surface area contributed by atoms with Crippen LogP contribution in [0.5, 0.6) is 0 Å². The summed E-state index contributed by atoms with van der Waals surface area (Å²) in [6, 6.07) is 7.35. The van der Waals surface area contributed by atoms with Crippen LogP contribution in [-0.2, 0) is 16.2 Å². The number of benzene rings is 1. The lowest BCUT2D eigenvalue weighted by Gasteiger charge is -2.14. The normalized spacial score (nSPS) is 13.7. The standard InChI is InChI=1S/C17H16F3N3O2S2/c1-11(22-27(24,25)16-7-4-8-26-16)15-10-21-23(12(15)2)14-6-3-5-13(9-14)17(18,19)20/h3-11,22H,1-2H3. The van der Waals surface area contributed by atoms with Crippen LogP contribution in [0.15, 0.2) is 52.2 Å². The fraction of sp³-hybridized carbons (Fsp3) is 0.235. The highest BCUT2D eigenvalue weighted by atomic mass is 32.2. The van der Waals surface area contributed by atoms with Crippen molar-refractivity contribution in [1.29, 1.82) is 0 Å². The molecule has 1 atom stereocenters. The predicted molar refractivity (Wildman–Crippen MR) is 96.4 cm³/mol. The lowest BCUT2D eigenvalue weighted by molar-refractivity contribution is -0.137. The van der Waals surface area contributed by atoms with Gasteiger partial charge in [0.25, 0.3) is 10.0 Å². The molecule has 2 aromatic heterocycles. The molecule has 5 nitrogen and oxygen atoms in total. The monoisotopic (exact) mass is 415 g/mol. The highest BCUT2D eigenvalue weighted by molar-refractivity contribution is 7.91. The van der Waals surface area contributed by atoms with Gasteiger partial charge in [0.15, 0.2) is 0 Å². The Kier molecular flexibility index (Phi) is 5.15. The molecule has 0 aliphatic carbocycles. The average molecular weight is 415 g/mol. The Hall–Kier alpha value is -2.17. The predicted octanol–water partition coefficient (Wildman–Crippen LogP) is 4.30. The molecule has 0 radical (unpaired) electrons. The third-order valence-electron chi connectivity index (χ3n) is 4.02. The van der Waals surface area contributed by atoms with Gasteiger partial charge in [-0.25, -0.2) is 17.8 Å². The lowest BCUT2D eigenvalue weighted by Crippen LogP contribution is -2.26. The van der Waals surface area contributed by atoms with Crippen molar-refractivity contribution in [3.8, 4) is 5.69 Å². The van der Waals surface area contributed by atoms with E-state index in [1.807, 2.05) is 0 Å². The van der Waals surface area contributed by atoms with Gasteiger partial charge in [-0.1, -0.05) is 12.1 Å². The number of halogens is 3. The van der Waals surface area contributed by atoms with Crippen LogP contribution in [0.1, 0.15) is 29.8 Å². The number of alkyl halides is 3. The average Bonchev–Trinajstić information content (AvgIpc) is 3.23. The molecule has 3 rings (SSSR count). The Morgan fingerprint density at radius 1 is 1.22 bits per heavy atom. The van der Waals surface area contributed by atoms with E-state index in [1.54, 1.807) is 25.3 Å². The molecule has 0 spiro atoms. The minimum atomic E-state index is -4.45. The Balaban J connectivity index is 1.90. The van der Waals surface area contributed by atoms with E-state index in [0.717, 1.165) is 23.5 Å². The molecule has 1 N–H and O–H groups in total. The molecule has 3 aromatic rings. The summed E-state index contributed by atoms with van der Waals surface area (Å²) < 4.78 is 67.7. The summed E-state index contributed by atoms with van der Waals surface area (Å²) in [5.74, 6) is 0. The van der Waals surface area contributed by atoms with E-state index in [2.05, 4.69) is 9.82 Å². The number of nitrogens with one attached hydrogen (secondary N) is 1. The fourth-order valence-electron chi connectivity index (χ4n) is 2.69. The molecule has 0 aliphatic rings. The second kappa shape index (κ2) is 7.10. The van der Waals surface area contributed by atoms with Crippen molar-refractivity contribution in [2.45, 2.75) is 30.3 Å². The Labute approximate surface area is 158 Å². The summed E-state index contributed by atoms with van der Waals surface area (Å²) in [6.45, 7) is 3.34. The minimum Gasteiger partial charge on any atom is -0.238 e. The highest BCUT2D eigenvalue weighted by Gasteiger charge is 2.31. The highest BCUT2D eigenvalue weighted by Crippen LogP contribution is 2.31. The maximum atomic E-state index is 12.9. The maximum Gasteiger partial charge on any atom is 0.416 e. The zero-order chi connectivity index (χ0) is 19.8. The summed E-state index contributed by atoms with van der Waals surface area (Å²) in [6.07, 6.45) is -3.00. The van der Waals surface area contributed by atoms with Crippen molar-refractivity contribution in [3.05, 3.63) is 64.8 Å². The summed E-state index contributed by atoms with van der Waals surface area (Å²) in [7, 11) is -3.68. The zero-order valence-electron chi connectivity index (χ0n) is 14.4. The van der Waals surface area contributed by atoms with E-state index < -0.39 is 27.8 Å². The number of sulfonamides is 1.